The maximum atomic E-state index is 12.6. The topological polar surface area (TPSA) is 111 Å². The van der Waals surface area contributed by atoms with Gasteiger partial charge in [-0.2, -0.15) is 0 Å². The molecular formula is C46H80NO8P. The molecule has 1 unspecified atom stereocenters. The molecule has 0 N–H and O–H groups in total. The first-order valence-electron chi connectivity index (χ1n) is 21.6. The molecule has 0 aliphatic heterocycles. The Morgan fingerprint density at radius 2 is 0.964 bits per heavy atom. The van der Waals surface area contributed by atoms with E-state index in [2.05, 4.69) is 86.8 Å². The van der Waals surface area contributed by atoms with Crippen molar-refractivity contribution in [1.29, 1.82) is 0 Å². The minimum absolute atomic E-state index is 0.0457. The third-order valence-corrected chi connectivity index (χ3v) is 9.66. The average molecular weight is 806 g/mol. The first kappa shape index (κ1) is 53.5. The number of likely N-dealkylation sites (N-methyl/N-ethyl adjacent to an activating group) is 1. The number of rotatable bonds is 38. The average Bonchev–Trinajstić information content (AvgIpc) is 3.15. The zero-order chi connectivity index (χ0) is 41.4. The summed E-state index contributed by atoms with van der Waals surface area (Å²) in [7, 11) is 1.11. The predicted molar refractivity (Wildman–Crippen MR) is 231 cm³/mol. The number of quaternary nitrogens is 1. The van der Waals surface area contributed by atoms with E-state index in [1.54, 1.807) is 0 Å². The van der Waals surface area contributed by atoms with Crippen molar-refractivity contribution in [1.82, 2.24) is 0 Å². The van der Waals surface area contributed by atoms with Gasteiger partial charge in [-0.1, -0.05) is 125 Å². The predicted octanol–water partition coefficient (Wildman–Crippen LogP) is 11.6. The molecule has 322 valence electrons. The molecule has 56 heavy (non-hydrogen) atoms. The van der Waals surface area contributed by atoms with Gasteiger partial charge in [0, 0.05) is 12.8 Å². The lowest BCUT2D eigenvalue weighted by Gasteiger charge is -2.28. The maximum Gasteiger partial charge on any atom is 0.306 e. The summed E-state index contributed by atoms with van der Waals surface area (Å²) >= 11 is 0. The molecule has 0 fully saturated rings. The Morgan fingerprint density at radius 3 is 1.45 bits per heavy atom. The lowest BCUT2D eigenvalue weighted by atomic mass is 10.1. The van der Waals surface area contributed by atoms with Gasteiger partial charge in [-0.3, -0.25) is 14.2 Å². The van der Waals surface area contributed by atoms with E-state index in [0.717, 1.165) is 70.6 Å². The number of hydrogen-bond acceptors (Lipinski definition) is 8. The van der Waals surface area contributed by atoms with Gasteiger partial charge in [0.05, 0.1) is 27.7 Å². The minimum atomic E-state index is -4.64. The number of phosphoric acid groups is 1. The van der Waals surface area contributed by atoms with Gasteiger partial charge in [-0.25, -0.2) is 0 Å². The number of unbranched alkanes of at least 4 members (excludes halogenated alkanes) is 12. The standard InChI is InChI=1S/C46H80NO8P/c1-6-8-10-12-14-16-18-20-22-23-25-26-28-30-32-34-36-38-45(48)52-42-44(43-54-56(50,51)53-41-40-47(3,4)5)55-46(49)39-37-35-33-31-29-27-24-21-19-17-15-13-11-9-7-2/h14-17,20-22,24-26,29,31,44H,6-13,18-19,23,27-28,30,32-43H2,1-5H3/b16-14+,17-15+,22-20+,24-21+,26-25+,31-29+/t44-/m1/s1. The third kappa shape index (κ3) is 41.1. The smallest absolute Gasteiger partial charge is 0.306 e. The molecule has 0 amide bonds. The van der Waals surface area contributed by atoms with Gasteiger partial charge in [-0.05, 0) is 89.9 Å². The fraction of sp³-hybridized carbons (Fsp3) is 0.696. The molecule has 0 aliphatic rings. The Labute approximate surface area is 342 Å². The third-order valence-electron chi connectivity index (χ3n) is 8.70. The number of nitrogens with zero attached hydrogens (tertiary/aromatic N) is 1. The van der Waals surface area contributed by atoms with E-state index >= 15 is 0 Å². The number of hydrogen-bond donors (Lipinski definition) is 0. The van der Waals surface area contributed by atoms with Gasteiger partial charge in [0.25, 0.3) is 7.82 Å². The summed E-state index contributed by atoms with van der Waals surface area (Å²) < 4.78 is 33.8. The van der Waals surface area contributed by atoms with Crippen LogP contribution in [0.25, 0.3) is 0 Å². The van der Waals surface area contributed by atoms with Crippen molar-refractivity contribution in [2.75, 3.05) is 47.5 Å². The zero-order valence-electron chi connectivity index (χ0n) is 36.1. The van der Waals surface area contributed by atoms with Crippen molar-refractivity contribution < 1.29 is 42.1 Å². The molecule has 0 aromatic heterocycles. The second-order valence-electron chi connectivity index (χ2n) is 15.3. The van der Waals surface area contributed by atoms with E-state index in [0.29, 0.717) is 23.9 Å². The van der Waals surface area contributed by atoms with Crippen molar-refractivity contribution >= 4 is 19.8 Å². The highest BCUT2D eigenvalue weighted by Gasteiger charge is 2.21. The fourth-order valence-electron chi connectivity index (χ4n) is 5.25. The number of phosphoric ester groups is 1. The first-order chi connectivity index (χ1) is 27.0. The summed E-state index contributed by atoms with van der Waals surface area (Å²) in [6, 6.07) is 0. The van der Waals surface area contributed by atoms with E-state index in [4.69, 9.17) is 18.5 Å². The number of carbonyl (C=O) groups excluding carboxylic acids is 2. The van der Waals surface area contributed by atoms with E-state index in [9.17, 15) is 19.0 Å². The summed E-state index contributed by atoms with van der Waals surface area (Å²) in [5.74, 6) is -0.912. The second kappa shape index (κ2) is 38.0. The maximum absolute atomic E-state index is 12.6. The van der Waals surface area contributed by atoms with Crippen molar-refractivity contribution in [2.45, 2.75) is 161 Å². The Bertz CT molecular complexity index is 1180. The van der Waals surface area contributed by atoms with Crippen LogP contribution in [-0.4, -0.2) is 70.0 Å². The van der Waals surface area contributed by atoms with Crippen LogP contribution in [0.15, 0.2) is 72.9 Å². The summed E-state index contributed by atoms with van der Waals surface area (Å²) in [5.41, 5.74) is 0. The molecule has 0 heterocycles. The number of ether oxygens (including phenoxy) is 2. The molecular weight excluding hydrogens is 725 g/mol. The van der Waals surface area contributed by atoms with Crippen LogP contribution in [0, 0.1) is 0 Å². The van der Waals surface area contributed by atoms with Crippen LogP contribution in [0.3, 0.4) is 0 Å². The van der Waals surface area contributed by atoms with E-state index < -0.39 is 32.5 Å². The second-order valence-corrected chi connectivity index (χ2v) is 16.8. The zero-order valence-corrected chi connectivity index (χ0v) is 36.9. The first-order valence-corrected chi connectivity index (χ1v) is 23.1. The highest BCUT2D eigenvalue weighted by atomic mass is 31.2. The van der Waals surface area contributed by atoms with E-state index in [1.807, 2.05) is 21.1 Å². The molecule has 0 aliphatic carbocycles. The monoisotopic (exact) mass is 806 g/mol. The SMILES string of the molecule is CCCCC/C=C/C/C=C/C/C=C/CCCCCCC(=O)OC[C@H](COP(=O)([O-])OCC[N+](C)(C)C)OC(=O)CCCC/C=C/C/C=C/C/C=C/CCCCC. The summed E-state index contributed by atoms with van der Waals surface area (Å²) in [6.07, 6.45) is 46.4. The van der Waals surface area contributed by atoms with Crippen LogP contribution >= 0.6 is 7.82 Å². The van der Waals surface area contributed by atoms with Gasteiger partial charge in [0.15, 0.2) is 6.10 Å². The van der Waals surface area contributed by atoms with Gasteiger partial charge in [-0.15, -0.1) is 0 Å². The fourth-order valence-corrected chi connectivity index (χ4v) is 5.98. The summed E-state index contributed by atoms with van der Waals surface area (Å²) in [5, 5.41) is 0. The van der Waals surface area contributed by atoms with Gasteiger partial charge in [0.1, 0.15) is 19.8 Å². The molecule has 0 aromatic rings. The Kier molecular flexibility index (Phi) is 36.3. The van der Waals surface area contributed by atoms with E-state index in [-0.39, 0.29) is 26.1 Å². The molecule has 0 aromatic carbocycles. The normalized spacial score (nSPS) is 14.3. The van der Waals surface area contributed by atoms with Crippen molar-refractivity contribution in [2.24, 2.45) is 0 Å². The van der Waals surface area contributed by atoms with Gasteiger partial charge < -0.3 is 27.9 Å². The molecule has 2 atom stereocenters. The molecule has 0 saturated carbocycles. The van der Waals surface area contributed by atoms with Crippen LogP contribution in [0.5, 0.6) is 0 Å². The van der Waals surface area contributed by atoms with Crippen molar-refractivity contribution in [3.8, 4) is 0 Å². The van der Waals surface area contributed by atoms with Crippen LogP contribution in [0.1, 0.15) is 155 Å². The van der Waals surface area contributed by atoms with Crippen molar-refractivity contribution in [3.63, 3.8) is 0 Å². The number of carbonyl (C=O) groups is 2. The molecule has 9 nitrogen and oxygen atoms in total. The van der Waals surface area contributed by atoms with Crippen LogP contribution in [-0.2, 0) is 32.7 Å². The highest BCUT2D eigenvalue weighted by molar-refractivity contribution is 7.45. The molecule has 10 heteroatoms. The van der Waals surface area contributed by atoms with Crippen molar-refractivity contribution in [3.05, 3.63) is 72.9 Å². The summed E-state index contributed by atoms with van der Waals surface area (Å²) in [6.45, 7) is 4.07. The number of allylic oxidation sites excluding steroid dienone is 12. The molecule has 0 saturated heterocycles. The lowest BCUT2D eigenvalue weighted by molar-refractivity contribution is -0.870. The Hall–Kier alpha value is -2.55. The molecule has 0 rings (SSSR count). The van der Waals surface area contributed by atoms with Crippen LogP contribution in [0.2, 0.25) is 0 Å². The lowest BCUT2D eigenvalue weighted by Crippen LogP contribution is -2.37. The van der Waals surface area contributed by atoms with Gasteiger partial charge >= 0.3 is 11.9 Å². The molecule has 0 bridgehead atoms. The van der Waals surface area contributed by atoms with E-state index in [1.165, 1.54) is 44.9 Å². The summed E-state index contributed by atoms with van der Waals surface area (Å²) in [4.78, 5) is 37.5. The van der Waals surface area contributed by atoms with Gasteiger partial charge in [0.2, 0.25) is 0 Å². The van der Waals surface area contributed by atoms with Crippen LogP contribution < -0.4 is 4.89 Å². The minimum Gasteiger partial charge on any atom is -0.756 e. The largest absolute Gasteiger partial charge is 0.756 e. The molecule has 0 radical (unpaired) electrons. The quantitative estimate of drug-likeness (QED) is 0.0199. The van der Waals surface area contributed by atoms with Crippen LogP contribution in [0.4, 0.5) is 0 Å². The Morgan fingerprint density at radius 1 is 0.554 bits per heavy atom. The molecule has 0 spiro atoms. The highest BCUT2D eigenvalue weighted by Crippen LogP contribution is 2.38. The number of esters is 2. The Balaban J connectivity index is 4.50.